The zero-order chi connectivity index (χ0) is 12.5. The number of rotatable bonds is 2. The van der Waals surface area contributed by atoms with Crippen molar-refractivity contribution in [1.82, 2.24) is 5.16 Å². The molecular formula is C11H6F3NO2. The molecule has 0 amide bonds. The van der Waals surface area contributed by atoms with Crippen LogP contribution in [-0.2, 0) is 6.18 Å². The molecule has 1 heterocycles. The van der Waals surface area contributed by atoms with E-state index in [0.29, 0.717) is 0 Å². The Morgan fingerprint density at radius 1 is 1.12 bits per heavy atom. The second kappa shape index (κ2) is 4.04. The van der Waals surface area contributed by atoms with Crippen LogP contribution in [0, 0.1) is 0 Å². The second-order valence-electron chi connectivity index (χ2n) is 3.29. The van der Waals surface area contributed by atoms with Gasteiger partial charge < -0.3 is 4.52 Å². The molecule has 0 radical (unpaired) electrons. The molecule has 0 aliphatic carbocycles. The third-order valence-electron chi connectivity index (χ3n) is 2.14. The highest BCUT2D eigenvalue weighted by Gasteiger charge is 2.30. The minimum atomic E-state index is -4.41. The topological polar surface area (TPSA) is 43.1 Å². The van der Waals surface area contributed by atoms with E-state index in [-0.39, 0.29) is 11.3 Å². The molecule has 6 heteroatoms. The summed E-state index contributed by atoms with van der Waals surface area (Å²) < 4.78 is 41.3. The van der Waals surface area contributed by atoms with Gasteiger partial charge in [0.15, 0.2) is 5.69 Å². The Hall–Kier alpha value is -2.11. The Kier molecular flexibility index (Phi) is 2.71. The highest BCUT2D eigenvalue weighted by Crippen LogP contribution is 2.29. The smallest absolute Gasteiger partial charge is 0.364 e. The maximum Gasteiger partial charge on any atom is 0.416 e. The molecule has 0 saturated heterocycles. The minimum absolute atomic E-state index is 0.0600. The van der Waals surface area contributed by atoms with Gasteiger partial charge in [0.05, 0.1) is 5.56 Å². The largest absolute Gasteiger partial charge is 0.416 e. The molecule has 88 valence electrons. The second-order valence-corrected chi connectivity index (χ2v) is 3.29. The zero-order valence-corrected chi connectivity index (χ0v) is 8.36. The lowest BCUT2D eigenvalue weighted by molar-refractivity contribution is -0.137. The van der Waals surface area contributed by atoms with Crippen LogP contribution in [0.15, 0.2) is 41.1 Å². The van der Waals surface area contributed by atoms with Crippen molar-refractivity contribution in [1.29, 1.82) is 0 Å². The predicted molar refractivity (Wildman–Crippen MR) is 51.4 cm³/mol. The molecule has 0 atom stereocenters. The summed E-state index contributed by atoms with van der Waals surface area (Å²) in [6, 6.07) is 5.28. The molecule has 1 aromatic carbocycles. The van der Waals surface area contributed by atoms with Crippen LogP contribution < -0.4 is 0 Å². The Labute approximate surface area is 93.8 Å². The number of carbonyl (C=O) groups excluding carboxylic acids is 1. The van der Waals surface area contributed by atoms with Crippen LogP contribution >= 0.6 is 0 Å². The summed E-state index contributed by atoms with van der Waals surface area (Å²) in [4.78, 5) is 11.7. The van der Waals surface area contributed by atoms with Crippen LogP contribution in [-0.4, -0.2) is 10.9 Å². The van der Waals surface area contributed by atoms with Gasteiger partial charge in [-0.25, -0.2) is 0 Å². The fourth-order valence-corrected chi connectivity index (χ4v) is 1.29. The van der Waals surface area contributed by atoms with Crippen molar-refractivity contribution >= 4 is 5.78 Å². The normalized spacial score (nSPS) is 11.5. The quantitative estimate of drug-likeness (QED) is 0.759. The first-order chi connectivity index (χ1) is 7.98. The molecule has 2 aromatic rings. The molecule has 0 bridgehead atoms. The van der Waals surface area contributed by atoms with Crippen molar-refractivity contribution in [2.45, 2.75) is 6.18 Å². The Bertz CT molecular complexity index is 515. The number of carbonyl (C=O) groups is 1. The number of ketones is 1. The van der Waals surface area contributed by atoms with Gasteiger partial charge >= 0.3 is 6.18 Å². The number of aromatic nitrogens is 1. The van der Waals surface area contributed by atoms with Crippen molar-refractivity contribution < 1.29 is 22.5 Å². The first-order valence-electron chi connectivity index (χ1n) is 4.61. The standard InChI is InChI=1S/C11H6F3NO2/c12-11(13,14)8-3-1-7(2-4-8)10(16)9-5-6-17-15-9/h1-6H. The average Bonchev–Trinajstić information content (AvgIpc) is 2.80. The maximum atomic E-state index is 12.3. The molecule has 0 aliphatic heterocycles. The molecule has 0 N–H and O–H groups in total. The molecular weight excluding hydrogens is 235 g/mol. The van der Waals surface area contributed by atoms with E-state index >= 15 is 0 Å². The van der Waals surface area contributed by atoms with E-state index in [2.05, 4.69) is 9.68 Å². The minimum Gasteiger partial charge on any atom is -0.364 e. The van der Waals surface area contributed by atoms with E-state index in [4.69, 9.17) is 0 Å². The summed E-state index contributed by atoms with van der Waals surface area (Å²) in [5.74, 6) is -0.479. The Morgan fingerprint density at radius 3 is 2.24 bits per heavy atom. The number of nitrogens with zero attached hydrogens (tertiary/aromatic N) is 1. The van der Waals surface area contributed by atoms with Gasteiger partial charge in [0.2, 0.25) is 5.78 Å². The lowest BCUT2D eigenvalue weighted by Gasteiger charge is -2.06. The Morgan fingerprint density at radius 2 is 1.76 bits per heavy atom. The van der Waals surface area contributed by atoms with Crippen molar-refractivity contribution in [3.8, 4) is 0 Å². The van der Waals surface area contributed by atoms with Gasteiger partial charge in [-0.3, -0.25) is 4.79 Å². The molecule has 0 aliphatic rings. The number of benzene rings is 1. The lowest BCUT2D eigenvalue weighted by atomic mass is 10.1. The van der Waals surface area contributed by atoms with Gasteiger partial charge in [0, 0.05) is 11.6 Å². The summed E-state index contributed by atoms with van der Waals surface area (Å²) in [6.45, 7) is 0. The number of halogens is 3. The molecule has 0 fully saturated rings. The fraction of sp³-hybridized carbons (Fsp3) is 0.0909. The van der Waals surface area contributed by atoms with E-state index in [0.717, 1.165) is 24.3 Å². The SMILES string of the molecule is O=C(c1ccc(C(F)(F)F)cc1)c1ccon1. The Balaban J connectivity index is 2.28. The third-order valence-corrected chi connectivity index (χ3v) is 2.14. The van der Waals surface area contributed by atoms with Crippen molar-refractivity contribution in [2.24, 2.45) is 0 Å². The summed E-state index contributed by atoms with van der Waals surface area (Å²) in [5, 5.41) is 3.42. The monoisotopic (exact) mass is 241 g/mol. The van der Waals surface area contributed by atoms with Gasteiger partial charge in [0.1, 0.15) is 6.26 Å². The average molecular weight is 241 g/mol. The number of alkyl halides is 3. The first kappa shape index (κ1) is 11.4. The van der Waals surface area contributed by atoms with E-state index in [1.807, 2.05) is 0 Å². The third kappa shape index (κ3) is 2.35. The molecule has 0 unspecified atom stereocenters. The van der Waals surface area contributed by atoms with Crippen LogP contribution in [0.5, 0.6) is 0 Å². The van der Waals surface area contributed by atoms with E-state index < -0.39 is 17.5 Å². The molecule has 0 saturated carbocycles. The summed E-state index contributed by atoms with van der Waals surface area (Å²) in [6.07, 6.45) is -3.19. The highest BCUT2D eigenvalue weighted by atomic mass is 19.4. The molecule has 0 spiro atoms. The summed E-state index contributed by atoms with van der Waals surface area (Å²) in [5.41, 5.74) is -0.606. The highest BCUT2D eigenvalue weighted by molar-refractivity contribution is 6.07. The molecule has 17 heavy (non-hydrogen) atoms. The van der Waals surface area contributed by atoms with Gasteiger partial charge in [0.25, 0.3) is 0 Å². The summed E-state index contributed by atoms with van der Waals surface area (Å²) in [7, 11) is 0. The lowest BCUT2D eigenvalue weighted by Crippen LogP contribution is -2.06. The van der Waals surface area contributed by atoms with E-state index in [1.165, 1.54) is 12.3 Å². The number of hydrogen-bond acceptors (Lipinski definition) is 3. The van der Waals surface area contributed by atoms with Crippen LogP contribution in [0.2, 0.25) is 0 Å². The van der Waals surface area contributed by atoms with Gasteiger partial charge in [-0.1, -0.05) is 17.3 Å². The van der Waals surface area contributed by atoms with Crippen LogP contribution in [0.4, 0.5) is 13.2 Å². The van der Waals surface area contributed by atoms with Crippen molar-refractivity contribution in [3.63, 3.8) is 0 Å². The van der Waals surface area contributed by atoms with Crippen LogP contribution in [0.3, 0.4) is 0 Å². The molecule has 1 aromatic heterocycles. The van der Waals surface area contributed by atoms with Gasteiger partial charge in [-0.2, -0.15) is 13.2 Å². The van der Waals surface area contributed by atoms with Crippen molar-refractivity contribution in [3.05, 3.63) is 53.4 Å². The van der Waals surface area contributed by atoms with Crippen molar-refractivity contribution in [2.75, 3.05) is 0 Å². The molecule has 3 nitrogen and oxygen atoms in total. The van der Waals surface area contributed by atoms with Crippen LogP contribution in [0.1, 0.15) is 21.6 Å². The molecule has 2 rings (SSSR count). The van der Waals surface area contributed by atoms with Crippen LogP contribution in [0.25, 0.3) is 0 Å². The van der Waals surface area contributed by atoms with E-state index in [9.17, 15) is 18.0 Å². The van der Waals surface area contributed by atoms with Gasteiger partial charge in [-0.05, 0) is 12.1 Å². The first-order valence-corrected chi connectivity index (χ1v) is 4.61. The number of hydrogen-bond donors (Lipinski definition) is 0. The summed E-state index contributed by atoms with van der Waals surface area (Å²) >= 11 is 0. The maximum absolute atomic E-state index is 12.3. The fourth-order valence-electron chi connectivity index (χ4n) is 1.29. The zero-order valence-electron chi connectivity index (χ0n) is 8.36. The predicted octanol–water partition coefficient (Wildman–Crippen LogP) is 2.92. The van der Waals surface area contributed by atoms with Gasteiger partial charge in [-0.15, -0.1) is 0 Å². The van der Waals surface area contributed by atoms with E-state index in [1.54, 1.807) is 0 Å².